The smallest absolute Gasteiger partial charge is 0.410 e. The molecular weight excluding hydrogens is 464 g/mol. The molecule has 0 spiro atoms. The molecule has 4 rings (SSSR count). The lowest BCUT2D eigenvalue weighted by atomic mass is 10.00. The number of nitrogens with zero attached hydrogens (tertiary/aromatic N) is 2. The molecule has 0 fully saturated rings. The first-order valence-electron chi connectivity index (χ1n) is 11.7. The highest BCUT2D eigenvalue weighted by Gasteiger charge is 2.37. The molecule has 0 saturated carbocycles. The molecule has 0 aliphatic carbocycles. The maximum absolute atomic E-state index is 13.8. The van der Waals surface area contributed by atoms with Crippen molar-refractivity contribution in [1.82, 2.24) is 9.80 Å². The molecule has 2 aromatic carbocycles. The molecule has 9 nitrogen and oxygen atoms in total. The van der Waals surface area contributed by atoms with E-state index in [1.807, 2.05) is 12.1 Å². The summed E-state index contributed by atoms with van der Waals surface area (Å²) in [4.78, 5) is 42.1. The molecule has 2 heterocycles. The number of amides is 2. The zero-order valence-electron chi connectivity index (χ0n) is 21.9. The highest BCUT2D eigenvalue weighted by atomic mass is 16.6. The van der Waals surface area contributed by atoms with Gasteiger partial charge in [0.1, 0.15) is 23.4 Å². The Morgan fingerprint density at radius 1 is 1.03 bits per heavy atom. The first kappa shape index (κ1) is 26.8. The number of benzene rings is 2. The predicted molar refractivity (Wildman–Crippen MR) is 133 cm³/mol. The van der Waals surface area contributed by atoms with Crippen molar-refractivity contribution in [2.75, 3.05) is 28.3 Å². The minimum atomic E-state index is -0.929. The summed E-state index contributed by atoms with van der Waals surface area (Å²) in [6.07, 6.45) is -0.248. The van der Waals surface area contributed by atoms with Crippen LogP contribution in [-0.4, -0.2) is 73.8 Å². The Hall–Kier alpha value is -3.75. The number of methoxy groups -OCH3 is 2. The fraction of sp³-hybridized carbons (Fsp3) is 0.444. The van der Waals surface area contributed by atoms with Gasteiger partial charge in [-0.05, 0) is 56.2 Å². The monoisotopic (exact) mass is 498 g/mol. The van der Waals surface area contributed by atoms with Gasteiger partial charge in [0, 0.05) is 26.9 Å². The van der Waals surface area contributed by atoms with Gasteiger partial charge in [-0.1, -0.05) is 18.2 Å². The lowest BCUT2D eigenvalue weighted by Gasteiger charge is -2.35. The Balaban J connectivity index is 2.09. The van der Waals surface area contributed by atoms with Crippen molar-refractivity contribution in [3.63, 3.8) is 0 Å². The number of hydrogen-bond donors (Lipinski definition) is 0. The van der Waals surface area contributed by atoms with Gasteiger partial charge in [-0.25, -0.2) is 9.59 Å². The molecule has 0 N–H and O–H groups in total. The van der Waals surface area contributed by atoms with Gasteiger partial charge in [-0.3, -0.25) is 9.69 Å². The largest absolute Gasteiger partial charge is 0.493 e. The first-order valence-corrected chi connectivity index (χ1v) is 11.7. The van der Waals surface area contributed by atoms with Crippen molar-refractivity contribution in [3.05, 3.63) is 53.6 Å². The molecule has 4 bridgehead atoms. The van der Waals surface area contributed by atoms with Gasteiger partial charge in [0.05, 0.1) is 14.2 Å². The van der Waals surface area contributed by atoms with Crippen molar-refractivity contribution in [2.45, 2.75) is 51.3 Å². The highest BCUT2D eigenvalue weighted by Crippen LogP contribution is 2.33. The molecule has 36 heavy (non-hydrogen) atoms. The van der Waals surface area contributed by atoms with Crippen LogP contribution in [0, 0.1) is 0 Å². The Bertz CT molecular complexity index is 1110. The molecule has 2 aromatic rings. The second kappa shape index (κ2) is 10.9. The Kier molecular flexibility index (Phi) is 8.12. The standard InChI is InChI=1S/C27H34N2O7/c1-27(2,3)36-26(32)29(5)20-14-17-8-11-19(12-9-17)35-23-16-18(10-13-22(23)33-6)15-21(25(31)34-7)28(4)24(20)30/h8-13,16,20-21H,14-15H2,1-7H3/t20-,21-/m0/s1. The topological polar surface area (TPSA) is 94.6 Å². The van der Waals surface area contributed by atoms with Crippen molar-refractivity contribution in [1.29, 1.82) is 0 Å². The van der Waals surface area contributed by atoms with Gasteiger partial charge >= 0.3 is 12.1 Å². The van der Waals surface area contributed by atoms with E-state index in [0.717, 1.165) is 11.1 Å². The van der Waals surface area contributed by atoms with Crippen molar-refractivity contribution < 1.29 is 33.3 Å². The van der Waals surface area contributed by atoms with E-state index >= 15 is 0 Å². The average Bonchev–Trinajstić information content (AvgIpc) is 2.83. The van der Waals surface area contributed by atoms with E-state index in [1.54, 1.807) is 58.2 Å². The van der Waals surface area contributed by atoms with Crippen LogP contribution in [0.3, 0.4) is 0 Å². The minimum Gasteiger partial charge on any atom is -0.493 e. The van der Waals surface area contributed by atoms with Crippen LogP contribution < -0.4 is 9.47 Å². The van der Waals surface area contributed by atoms with Crippen LogP contribution in [0.4, 0.5) is 4.79 Å². The molecule has 9 heteroatoms. The zero-order valence-corrected chi connectivity index (χ0v) is 21.9. The lowest BCUT2D eigenvalue weighted by Crippen LogP contribution is -2.55. The van der Waals surface area contributed by atoms with Crippen LogP contribution in [0.25, 0.3) is 0 Å². The first-order chi connectivity index (χ1) is 16.9. The second-order valence-electron chi connectivity index (χ2n) is 9.73. The molecule has 2 aliphatic rings. The summed E-state index contributed by atoms with van der Waals surface area (Å²) in [7, 11) is 5.89. The second-order valence-corrected chi connectivity index (χ2v) is 9.73. The fourth-order valence-corrected chi connectivity index (χ4v) is 3.95. The average molecular weight is 499 g/mol. The van der Waals surface area contributed by atoms with E-state index in [9.17, 15) is 14.4 Å². The summed E-state index contributed by atoms with van der Waals surface area (Å²) in [5.74, 6) is 0.618. The number of carbonyl (C=O) groups excluding carboxylic acids is 3. The number of fused-ring (bicyclic) bond motifs is 7. The van der Waals surface area contributed by atoms with Gasteiger partial charge < -0.3 is 23.8 Å². The predicted octanol–water partition coefficient (Wildman–Crippen LogP) is 3.82. The SMILES string of the molecule is COC(=O)[C@@H]1Cc2ccc(OC)c(c2)Oc2ccc(cc2)C[C@H](N(C)C(=O)OC(C)(C)C)C(=O)N1C. The van der Waals surface area contributed by atoms with E-state index in [1.165, 1.54) is 31.0 Å². The van der Waals surface area contributed by atoms with Gasteiger partial charge in [-0.15, -0.1) is 0 Å². The lowest BCUT2D eigenvalue weighted by molar-refractivity contribution is -0.153. The van der Waals surface area contributed by atoms with Crippen LogP contribution in [-0.2, 0) is 31.9 Å². The van der Waals surface area contributed by atoms with Crippen molar-refractivity contribution in [2.24, 2.45) is 0 Å². The normalized spacial score (nSPS) is 18.1. The molecule has 0 radical (unpaired) electrons. The maximum atomic E-state index is 13.8. The molecule has 2 amide bonds. The van der Waals surface area contributed by atoms with Crippen LogP contribution in [0.15, 0.2) is 42.5 Å². The Labute approximate surface area is 211 Å². The Morgan fingerprint density at radius 3 is 2.25 bits per heavy atom. The van der Waals surface area contributed by atoms with E-state index in [0.29, 0.717) is 17.2 Å². The Morgan fingerprint density at radius 2 is 1.67 bits per heavy atom. The summed E-state index contributed by atoms with van der Waals surface area (Å²) in [6.45, 7) is 5.28. The molecule has 2 aliphatic heterocycles. The number of esters is 1. The third-order valence-electron chi connectivity index (χ3n) is 5.96. The van der Waals surface area contributed by atoms with Gasteiger partial charge in [0.25, 0.3) is 0 Å². The summed E-state index contributed by atoms with van der Waals surface area (Å²) in [6, 6.07) is 10.7. The van der Waals surface area contributed by atoms with Crippen LogP contribution >= 0.6 is 0 Å². The van der Waals surface area contributed by atoms with Crippen LogP contribution in [0.1, 0.15) is 31.9 Å². The summed E-state index contributed by atoms with van der Waals surface area (Å²) < 4.78 is 22.0. The number of ether oxygens (including phenoxy) is 4. The number of carbonyl (C=O) groups is 3. The molecule has 0 aromatic heterocycles. The maximum Gasteiger partial charge on any atom is 0.410 e. The van der Waals surface area contributed by atoms with E-state index in [-0.39, 0.29) is 12.8 Å². The van der Waals surface area contributed by atoms with Crippen LogP contribution in [0.5, 0.6) is 17.2 Å². The van der Waals surface area contributed by atoms with Gasteiger partial charge in [0.15, 0.2) is 11.5 Å². The highest BCUT2D eigenvalue weighted by molar-refractivity contribution is 5.90. The van der Waals surface area contributed by atoms with Gasteiger partial charge in [0.2, 0.25) is 5.91 Å². The van der Waals surface area contributed by atoms with E-state index < -0.39 is 35.7 Å². The minimum absolute atomic E-state index is 0.176. The van der Waals surface area contributed by atoms with E-state index in [4.69, 9.17) is 18.9 Å². The summed E-state index contributed by atoms with van der Waals surface area (Å²) >= 11 is 0. The quantitative estimate of drug-likeness (QED) is 0.594. The van der Waals surface area contributed by atoms with E-state index in [2.05, 4.69) is 0 Å². The summed E-state index contributed by atoms with van der Waals surface area (Å²) in [5, 5.41) is 0. The van der Waals surface area contributed by atoms with Crippen LogP contribution in [0.2, 0.25) is 0 Å². The third-order valence-corrected chi connectivity index (χ3v) is 5.96. The fourth-order valence-electron chi connectivity index (χ4n) is 3.95. The molecule has 194 valence electrons. The molecule has 2 atom stereocenters. The molecular formula is C27H34N2O7. The molecule has 0 unspecified atom stereocenters. The van der Waals surface area contributed by atoms with Crippen molar-refractivity contribution >= 4 is 18.0 Å². The number of hydrogen-bond acceptors (Lipinski definition) is 7. The zero-order chi connectivity index (χ0) is 26.6. The number of rotatable bonds is 3. The third kappa shape index (κ3) is 6.27. The van der Waals surface area contributed by atoms with Crippen molar-refractivity contribution in [3.8, 4) is 17.2 Å². The van der Waals surface area contributed by atoms with Gasteiger partial charge in [-0.2, -0.15) is 0 Å². The molecule has 0 saturated heterocycles. The summed E-state index contributed by atoms with van der Waals surface area (Å²) in [5.41, 5.74) is 0.810. The number of likely N-dealkylation sites (N-methyl/N-ethyl adjacent to an activating group) is 2.